The molecule has 5 aromatic rings. The van der Waals surface area contributed by atoms with Gasteiger partial charge in [0, 0.05) is 10.3 Å². The lowest BCUT2D eigenvalue weighted by Crippen LogP contribution is -1.98. The highest BCUT2D eigenvalue weighted by molar-refractivity contribution is 7.99. The number of aromatic nitrogens is 6. The average Bonchev–Trinajstić information content (AvgIpc) is 3.37. The molecule has 3 aromatic heterocycles. The molecule has 0 aliphatic heterocycles. The summed E-state index contributed by atoms with van der Waals surface area (Å²) in [6.07, 6.45) is 1.59. The van der Waals surface area contributed by atoms with E-state index in [1.165, 1.54) is 17.3 Å². The monoisotopic (exact) mass is 388 g/mol. The SMILES string of the molecule is c1ccc(-c2cc3c(Sc4nnnn4-c4ccccc4)ncnc3s2)cc1. The maximum Gasteiger partial charge on any atom is 0.220 e. The van der Waals surface area contributed by atoms with Crippen molar-refractivity contribution in [2.75, 3.05) is 0 Å². The largest absolute Gasteiger partial charge is 0.229 e. The number of para-hydroxylation sites is 1. The first-order valence-corrected chi connectivity index (χ1v) is 9.83. The lowest BCUT2D eigenvalue weighted by Gasteiger charge is -2.03. The topological polar surface area (TPSA) is 69.4 Å². The molecule has 0 atom stereocenters. The minimum absolute atomic E-state index is 0.661. The highest BCUT2D eigenvalue weighted by atomic mass is 32.2. The van der Waals surface area contributed by atoms with E-state index in [9.17, 15) is 0 Å². The predicted octanol–water partition coefficient (Wildman–Crippen LogP) is 4.49. The van der Waals surface area contributed by atoms with Gasteiger partial charge >= 0.3 is 0 Å². The van der Waals surface area contributed by atoms with Crippen molar-refractivity contribution in [3.05, 3.63) is 73.1 Å². The molecular formula is C19H12N6S2. The van der Waals surface area contributed by atoms with Crippen molar-refractivity contribution in [3.63, 3.8) is 0 Å². The van der Waals surface area contributed by atoms with Gasteiger partial charge in [-0.15, -0.1) is 16.4 Å². The first-order valence-electron chi connectivity index (χ1n) is 8.20. The van der Waals surface area contributed by atoms with Crippen LogP contribution < -0.4 is 0 Å². The van der Waals surface area contributed by atoms with Crippen LogP contribution in [0.3, 0.4) is 0 Å². The zero-order valence-electron chi connectivity index (χ0n) is 13.9. The molecule has 0 aliphatic carbocycles. The van der Waals surface area contributed by atoms with Crippen LogP contribution in [0, 0.1) is 0 Å². The van der Waals surface area contributed by atoms with Gasteiger partial charge in [-0.05, 0) is 46.0 Å². The fourth-order valence-corrected chi connectivity index (χ4v) is 4.63. The third-order valence-corrected chi connectivity index (χ3v) is 6.03. The van der Waals surface area contributed by atoms with E-state index in [0.29, 0.717) is 5.16 Å². The second-order valence-corrected chi connectivity index (χ2v) is 7.67. The first-order chi connectivity index (χ1) is 13.4. The van der Waals surface area contributed by atoms with Crippen LogP contribution in [0.2, 0.25) is 0 Å². The average molecular weight is 388 g/mol. The van der Waals surface area contributed by atoms with E-state index in [1.54, 1.807) is 22.3 Å². The molecule has 0 spiro atoms. The molecule has 0 aliphatic rings. The van der Waals surface area contributed by atoms with Crippen LogP contribution in [0.5, 0.6) is 0 Å². The van der Waals surface area contributed by atoms with Gasteiger partial charge in [0.05, 0.1) is 5.69 Å². The molecule has 3 heterocycles. The Morgan fingerprint density at radius 1 is 0.889 bits per heavy atom. The number of hydrogen-bond acceptors (Lipinski definition) is 7. The summed E-state index contributed by atoms with van der Waals surface area (Å²) in [5.41, 5.74) is 2.08. The molecule has 5 rings (SSSR count). The second kappa shape index (κ2) is 6.90. The van der Waals surface area contributed by atoms with Crippen molar-refractivity contribution in [1.29, 1.82) is 0 Å². The van der Waals surface area contributed by atoms with Gasteiger partial charge in [-0.25, -0.2) is 9.97 Å². The van der Waals surface area contributed by atoms with Crippen molar-refractivity contribution < 1.29 is 0 Å². The fraction of sp³-hybridized carbons (Fsp3) is 0. The van der Waals surface area contributed by atoms with Crippen LogP contribution in [-0.2, 0) is 0 Å². The first kappa shape index (κ1) is 16.1. The van der Waals surface area contributed by atoms with E-state index in [-0.39, 0.29) is 0 Å². The molecule has 0 unspecified atom stereocenters. The molecule has 2 aromatic carbocycles. The zero-order valence-corrected chi connectivity index (χ0v) is 15.6. The summed E-state index contributed by atoms with van der Waals surface area (Å²) in [6, 6.07) is 22.2. The number of benzene rings is 2. The Hall–Kier alpha value is -3.10. The molecule has 130 valence electrons. The Balaban J connectivity index is 1.55. The van der Waals surface area contributed by atoms with Gasteiger partial charge in [-0.1, -0.05) is 48.5 Å². The van der Waals surface area contributed by atoms with E-state index in [4.69, 9.17) is 0 Å². The summed E-state index contributed by atoms with van der Waals surface area (Å²) >= 11 is 3.09. The van der Waals surface area contributed by atoms with Crippen LogP contribution in [0.25, 0.3) is 26.3 Å². The van der Waals surface area contributed by atoms with Gasteiger partial charge in [0.1, 0.15) is 16.2 Å². The molecule has 6 nitrogen and oxygen atoms in total. The number of hydrogen-bond donors (Lipinski definition) is 0. The fourth-order valence-electron chi connectivity index (χ4n) is 2.72. The number of nitrogens with zero attached hydrogens (tertiary/aromatic N) is 6. The van der Waals surface area contributed by atoms with E-state index in [1.807, 2.05) is 48.5 Å². The highest BCUT2D eigenvalue weighted by Gasteiger charge is 2.15. The molecule has 27 heavy (non-hydrogen) atoms. The highest BCUT2D eigenvalue weighted by Crippen LogP contribution is 2.37. The third-order valence-electron chi connectivity index (χ3n) is 3.98. The maximum atomic E-state index is 4.47. The minimum Gasteiger partial charge on any atom is -0.229 e. The van der Waals surface area contributed by atoms with Gasteiger partial charge < -0.3 is 0 Å². The summed E-state index contributed by atoms with van der Waals surface area (Å²) in [6.45, 7) is 0. The molecule has 0 radical (unpaired) electrons. The van der Waals surface area contributed by atoms with Crippen molar-refractivity contribution in [2.24, 2.45) is 0 Å². The van der Waals surface area contributed by atoms with Gasteiger partial charge in [-0.3, -0.25) is 0 Å². The van der Waals surface area contributed by atoms with E-state index >= 15 is 0 Å². The Bertz CT molecular complexity index is 1200. The minimum atomic E-state index is 0.661. The number of rotatable bonds is 4. The summed E-state index contributed by atoms with van der Waals surface area (Å²) in [7, 11) is 0. The molecule has 0 amide bonds. The predicted molar refractivity (Wildman–Crippen MR) is 106 cm³/mol. The van der Waals surface area contributed by atoms with E-state index in [2.05, 4.69) is 43.7 Å². The molecule has 0 N–H and O–H groups in total. The normalized spacial score (nSPS) is 11.1. The Morgan fingerprint density at radius 3 is 2.48 bits per heavy atom. The smallest absolute Gasteiger partial charge is 0.220 e. The molecular weight excluding hydrogens is 376 g/mol. The van der Waals surface area contributed by atoms with Crippen LogP contribution >= 0.6 is 23.1 Å². The van der Waals surface area contributed by atoms with Crippen LogP contribution in [0.15, 0.2) is 83.2 Å². The summed E-state index contributed by atoms with van der Waals surface area (Å²) in [5, 5.41) is 14.6. The van der Waals surface area contributed by atoms with E-state index < -0.39 is 0 Å². The Labute approximate surface area is 162 Å². The maximum absolute atomic E-state index is 4.47. The molecule has 0 saturated carbocycles. The van der Waals surface area contributed by atoms with Gasteiger partial charge in [0.15, 0.2) is 0 Å². The summed E-state index contributed by atoms with van der Waals surface area (Å²) in [4.78, 5) is 11.0. The number of thiophene rings is 1. The standard InChI is InChI=1S/C19H12N6S2/c1-3-7-13(8-4-1)16-11-15-17(26-16)20-12-21-18(15)27-19-22-23-24-25(19)14-9-5-2-6-10-14/h1-12H. The van der Waals surface area contributed by atoms with E-state index in [0.717, 1.165) is 25.8 Å². The third kappa shape index (κ3) is 3.09. The van der Waals surface area contributed by atoms with Crippen LogP contribution in [-0.4, -0.2) is 30.2 Å². The van der Waals surface area contributed by atoms with Crippen LogP contribution in [0.4, 0.5) is 0 Å². The molecule has 0 saturated heterocycles. The lowest BCUT2D eigenvalue weighted by atomic mass is 10.2. The van der Waals surface area contributed by atoms with Crippen molar-refractivity contribution in [2.45, 2.75) is 10.2 Å². The lowest BCUT2D eigenvalue weighted by molar-refractivity contribution is 0.756. The van der Waals surface area contributed by atoms with Crippen molar-refractivity contribution >= 4 is 33.3 Å². The number of fused-ring (bicyclic) bond motifs is 1. The quantitative estimate of drug-likeness (QED) is 0.423. The number of tetrazole rings is 1. The van der Waals surface area contributed by atoms with Gasteiger partial charge in [0.25, 0.3) is 0 Å². The summed E-state index contributed by atoms with van der Waals surface area (Å²) < 4.78 is 1.71. The Morgan fingerprint density at radius 2 is 1.67 bits per heavy atom. The second-order valence-electron chi connectivity index (χ2n) is 5.69. The van der Waals surface area contributed by atoms with Crippen molar-refractivity contribution in [1.82, 2.24) is 30.2 Å². The van der Waals surface area contributed by atoms with Gasteiger partial charge in [0.2, 0.25) is 5.16 Å². The zero-order chi connectivity index (χ0) is 18.1. The van der Waals surface area contributed by atoms with Crippen LogP contribution in [0.1, 0.15) is 0 Å². The summed E-state index contributed by atoms with van der Waals surface area (Å²) in [5.74, 6) is 0. The molecule has 0 fully saturated rings. The van der Waals surface area contributed by atoms with Crippen molar-refractivity contribution in [3.8, 4) is 16.1 Å². The molecule has 0 bridgehead atoms. The Kier molecular flexibility index (Phi) is 4.11. The molecule has 8 heteroatoms. The van der Waals surface area contributed by atoms with Gasteiger partial charge in [-0.2, -0.15) is 4.68 Å².